The van der Waals surface area contributed by atoms with Crippen LogP contribution in [-0.2, 0) is 11.3 Å². The van der Waals surface area contributed by atoms with Crippen molar-refractivity contribution >= 4 is 17.8 Å². The molecule has 32 heavy (non-hydrogen) atoms. The Kier molecular flexibility index (Phi) is 6.99. The molecule has 0 saturated carbocycles. The zero-order valence-electron chi connectivity index (χ0n) is 19.0. The Balaban J connectivity index is 1.51. The van der Waals surface area contributed by atoms with Crippen LogP contribution >= 0.6 is 0 Å². The summed E-state index contributed by atoms with van der Waals surface area (Å²) in [4.78, 5) is 40.3. The first-order valence-corrected chi connectivity index (χ1v) is 11.4. The smallest absolute Gasteiger partial charge is 0.251 e. The minimum Gasteiger partial charge on any atom is -0.355 e. The Labute approximate surface area is 189 Å². The zero-order valence-corrected chi connectivity index (χ0v) is 19.0. The van der Waals surface area contributed by atoms with E-state index in [9.17, 15) is 9.59 Å². The molecule has 1 atom stereocenters. The van der Waals surface area contributed by atoms with Gasteiger partial charge in [0.2, 0.25) is 11.9 Å². The molecule has 1 unspecified atom stereocenters. The van der Waals surface area contributed by atoms with E-state index in [1.54, 1.807) is 20.0 Å². The molecule has 2 aromatic rings. The number of amides is 2. The molecular formula is C24H32N6O2. The molecule has 2 amide bonds. The molecule has 2 saturated heterocycles. The molecule has 3 heterocycles. The van der Waals surface area contributed by atoms with Crippen LogP contribution in [0.5, 0.6) is 0 Å². The van der Waals surface area contributed by atoms with E-state index in [0.717, 1.165) is 36.8 Å². The molecule has 1 aromatic heterocycles. The van der Waals surface area contributed by atoms with Gasteiger partial charge in [0.05, 0.1) is 11.7 Å². The average Bonchev–Trinajstić information content (AvgIpc) is 2.84. The fourth-order valence-electron chi connectivity index (χ4n) is 4.62. The van der Waals surface area contributed by atoms with Gasteiger partial charge in [-0.05, 0) is 43.0 Å². The van der Waals surface area contributed by atoms with Gasteiger partial charge >= 0.3 is 0 Å². The second kappa shape index (κ2) is 10.1. The molecule has 0 bridgehead atoms. The minimum atomic E-state index is -0.125. The minimum absolute atomic E-state index is 0.0504. The highest BCUT2D eigenvalue weighted by Crippen LogP contribution is 2.27. The molecule has 8 nitrogen and oxygen atoms in total. The monoisotopic (exact) mass is 436 g/mol. The predicted molar refractivity (Wildman–Crippen MR) is 123 cm³/mol. The number of nitrogens with one attached hydrogen (secondary N) is 1. The number of hydrogen-bond acceptors (Lipinski definition) is 6. The lowest BCUT2D eigenvalue weighted by Gasteiger charge is -2.41. The number of aromatic nitrogens is 2. The van der Waals surface area contributed by atoms with E-state index in [0.29, 0.717) is 25.2 Å². The lowest BCUT2D eigenvalue weighted by Crippen LogP contribution is -2.49. The van der Waals surface area contributed by atoms with Crippen molar-refractivity contribution in [1.82, 2.24) is 25.1 Å². The highest BCUT2D eigenvalue weighted by molar-refractivity contribution is 5.94. The maximum atomic E-state index is 12.3. The summed E-state index contributed by atoms with van der Waals surface area (Å²) in [6.07, 6.45) is 5.51. The first-order valence-electron chi connectivity index (χ1n) is 11.4. The fourth-order valence-corrected chi connectivity index (χ4v) is 4.62. The van der Waals surface area contributed by atoms with Crippen LogP contribution in [-0.4, -0.2) is 71.4 Å². The zero-order chi connectivity index (χ0) is 22.5. The normalized spacial score (nSPS) is 19.6. The summed E-state index contributed by atoms with van der Waals surface area (Å²) >= 11 is 0. The molecule has 1 N–H and O–H groups in total. The molecule has 0 spiro atoms. The summed E-state index contributed by atoms with van der Waals surface area (Å²) in [7, 11) is 1.62. The van der Waals surface area contributed by atoms with Crippen LogP contribution in [0.2, 0.25) is 0 Å². The van der Waals surface area contributed by atoms with Crippen molar-refractivity contribution in [3.05, 3.63) is 53.3 Å². The number of nitrogens with zero attached hydrogens (tertiary/aromatic N) is 5. The van der Waals surface area contributed by atoms with Gasteiger partial charge in [-0.1, -0.05) is 12.1 Å². The van der Waals surface area contributed by atoms with Crippen LogP contribution in [0.3, 0.4) is 0 Å². The molecule has 0 aliphatic carbocycles. The number of piperazine rings is 1. The third-order valence-corrected chi connectivity index (χ3v) is 6.35. The summed E-state index contributed by atoms with van der Waals surface area (Å²) < 4.78 is 0. The van der Waals surface area contributed by atoms with Gasteiger partial charge in [-0.3, -0.25) is 14.5 Å². The maximum absolute atomic E-state index is 12.3. The van der Waals surface area contributed by atoms with E-state index < -0.39 is 0 Å². The third kappa shape index (κ3) is 5.07. The SMILES string of the molecule is CNC(=O)c1cccc(C2CN(Cc3ccnc(N4CCCCC4)n3)CCN2C(C)=O)c1. The Morgan fingerprint density at radius 2 is 1.91 bits per heavy atom. The molecule has 2 aliphatic rings. The molecule has 0 radical (unpaired) electrons. The van der Waals surface area contributed by atoms with Crippen LogP contribution in [0.25, 0.3) is 0 Å². The Morgan fingerprint density at radius 3 is 2.66 bits per heavy atom. The standard InChI is InChI=1S/C24H32N6O2/c1-18(31)30-14-13-28(17-22(30)19-7-6-8-20(15-19)23(32)25-2)16-21-9-10-26-24(27-21)29-11-4-3-5-12-29/h6-10,15,22H,3-5,11-14,16-17H2,1-2H3,(H,25,32). The van der Waals surface area contributed by atoms with Gasteiger partial charge in [-0.25, -0.2) is 9.97 Å². The van der Waals surface area contributed by atoms with E-state index in [2.05, 4.69) is 20.1 Å². The molecule has 1 aromatic carbocycles. The van der Waals surface area contributed by atoms with Crippen molar-refractivity contribution < 1.29 is 9.59 Å². The molecule has 4 rings (SSSR count). The van der Waals surface area contributed by atoms with Crippen molar-refractivity contribution in [2.45, 2.75) is 38.8 Å². The highest BCUT2D eigenvalue weighted by atomic mass is 16.2. The van der Waals surface area contributed by atoms with Gasteiger partial charge in [-0.2, -0.15) is 0 Å². The number of rotatable bonds is 5. The van der Waals surface area contributed by atoms with Crippen molar-refractivity contribution in [1.29, 1.82) is 0 Å². The Hall–Kier alpha value is -3.00. The summed E-state index contributed by atoms with van der Waals surface area (Å²) in [5.41, 5.74) is 2.57. The van der Waals surface area contributed by atoms with Gasteiger partial charge < -0.3 is 15.1 Å². The Bertz CT molecular complexity index is 959. The quantitative estimate of drug-likeness (QED) is 0.774. The number of hydrogen-bond donors (Lipinski definition) is 1. The van der Waals surface area contributed by atoms with Crippen LogP contribution in [0.15, 0.2) is 36.5 Å². The number of carbonyl (C=O) groups excluding carboxylic acids is 2. The van der Waals surface area contributed by atoms with Crippen molar-refractivity contribution in [2.75, 3.05) is 44.7 Å². The van der Waals surface area contributed by atoms with Gasteiger partial charge in [0, 0.05) is 65.0 Å². The van der Waals surface area contributed by atoms with Gasteiger partial charge in [0.15, 0.2) is 0 Å². The summed E-state index contributed by atoms with van der Waals surface area (Å²) in [6.45, 7) is 6.48. The molecule has 2 fully saturated rings. The number of anilines is 1. The van der Waals surface area contributed by atoms with Gasteiger partial charge in [-0.15, -0.1) is 0 Å². The van der Waals surface area contributed by atoms with Crippen molar-refractivity contribution in [2.24, 2.45) is 0 Å². The summed E-state index contributed by atoms with van der Waals surface area (Å²) in [5, 5.41) is 2.67. The molecule has 2 aliphatic heterocycles. The predicted octanol–water partition coefficient (Wildman–Crippen LogP) is 2.23. The Morgan fingerprint density at radius 1 is 1.09 bits per heavy atom. The summed E-state index contributed by atoms with van der Waals surface area (Å²) in [6, 6.07) is 9.44. The van der Waals surface area contributed by atoms with Gasteiger partial charge in [0.1, 0.15) is 0 Å². The van der Waals surface area contributed by atoms with E-state index >= 15 is 0 Å². The molecule has 8 heteroatoms. The topological polar surface area (TPSA) is 81.7 Å². The third-order valence-electron chi connectivity index (χ3n) is 6.35. The van der Waals surface area contributed by atoms with Crippen molar-refractivity contribution in [3.63, 3.8) is 0 Å². The van der Waals surface area contributed by atoms with Crippen molar-refractivity contribution in [3.8, 4) is 0 Å². The van der Waals surface area contributed by atoms with Gasteiger partial charge in [0.25, 0.3) is 5.91 Å². The fraction of sp³-hybridized carbons (Fsp3) is 0.500. The molecule has 170 valence electrons. The number of piperidine rings is 1. The second-order valence-corrected chi connectivity index (χ2v) is 8.56. The summed E-state index contributed by atoms with van der Waals surface area (Å²) in [5.74, 6) is 0.744. The number of benzene rings is 1. The first kappa shape index (κ1) is 22.2. The van der Waals surface area contributed by atoms with E-state index in [1.165, 1.54) is 19.3 Å². The van der Waals surface area contributed by atoms with Crippen LogP contribution in [0.1, 0.15) is 53.8 Å². The van der Waals surface area contributed by atoms with Crippen LogP contribution < -0.4 is 10.2 Å². The highest BCUT2D eigenvalue weighted by Gasteiger charge is 2.30. The number of carbonyl (C=O) groups is 2. The molecular weight excluding hydrogens is 404 g/mol. The average molecular weight is 437 g/mol. The van der Waals surface area contributed by atoms with Crippen LogP contribution in [0, 0.1) is 0 Å². The van der Waals surface area contributed by atoms with E-state index in [1.807, 2.05) is 35.4 Å². The lowest BCUT2D eigenvalue weighted by molar-refractivity contribution is -0.134. The second-order valence-electron chi connectivity index (χ2n) is 8.56. The lowest BCUT2D eigenvalue weighted by atomic mass is 9.99. The van der Waals surface area contributed by atoms with E-state index in [-0.39, 0.29) is 17.9 Å². The maximum Gasteiger partial charge on any atom is 0.251 e. The largest absolute Gasteiger partial charge is 0.355 e. The van der Waals surface area contributed by atoms with Crippen LogP contribution in [0.4, 0.5) is 5.95 Å². The first-order chi connectivity index (χ1) is 15.5. The van der Waals surface area contributed by atoms with E-state index in [4.69, 9.17) is 4.98 Å².